The van der Waals surface area contributed by atoms with Gasteiger partial charge in [0.2, 0.25) is 0 Å². The van der Waals surface area contributed by atoms with E-state index in [0.29, 0.717) is 17.5 Å². The van der Waals surface area contributed by atoms with Crippen molar-refractivity contribution in [3.63, 3.8) is 0 Å². The summed E-state index contributed by atoms with van der Waals surface area (Å²) in [6.07, 6.45) is 9.87. The summed E-state index contributed by atoms with van der Waals surface area (Å²) in [5, 5.41) is 9.45. The Morgan fingerprint density at radius 2 is 2.24 bits per heavy atom. The number of hydrogen-bond acceptors (Lipinski definition) is 4. The van der Waals surface area contributed by atoms with Crippen LogP contribution in [0.15, 0.2) is 40.8 Å². The van der Waals surface area contributed by atoms with Crippen LogP contribution in [0.25, 0.3) is 0 Å². The van der Waals surface area contributed by atoms with Crippen molar-refractivity contribution >= 4 is 12.1 Å². The van der Waals surface area contributed by atoms with Crippen LogP contribution in [0.2, 0.25) is 0 Å². The van der Waals surface area contributed by atoms with Crippen LogP contribution < -0.4 is 11.1 Å². The zero-order chi connectivity index (χ0) is 15.4. The molecule has 1 amide bonds. The molecule has 1 fully saturated rings. The van der Waals surface area contributed by atoms with Gasteiger partial charge in [-0.25, -0.2) is 0 Å². The molecule has 1 aliphatic carbocycles. The number of carbonyl (C=O) groups is 1. The highest BCUT2D eigenvalue weighted by Gasteiger charge is 2.27. The molecule has 5 heteroatoms. The lowest BCUT2D eigenvalue weighted by atomic mass is 9.85. The first-order valence-electron chi connectivity index (χ1n) is 7.46. The molecule has 1 saturated carbocycles. The van der Waals surface area contributed by atoms with E-state index >= 15 is 0 Å². The smallest absolute Gasteiger partial charge is 0.252 e. The van der Waals surface area contributed by atoms with Crippen molar-refractivity contribution in [2.24, 2.45) is 16.8 Å². The van der Waals surface area contributed by atoms with E-state index in [9.17, 15) is 4.79 Å². The van der Waals surface area contributed by atoms with Crippen LogP contribution in [0, 0.1) is 5.92 Å². The predicted octanol–water partition coefficient (Wildman–Crippen LogP) is 1.90. The number of nitrogens with zero attached hydrogens (tertiary/aromatic N) is 2. The number of hydrogen-bond donors (Lipinski definition) is 2. The average molecular weight is 288 g/mol. The molecule has 2 atom stereocenters. The fourth-order valence-electron chi connectivity index (χ4n) is 2.93. The van der Waals surface area contributed by atoms with E-state index in [1.54, 1.807) is 11.1 Å². The number of allylic oxidation sites excluding steroid dienone is 2. The normalized spacial score (nSPS) is 27.9. The molecule has 2 aliphatic rings. The third kappa shape index (κ3) is 3.35. The van der Waals surface area contributed by atoms with Gasteiger partial charge in [-0.3, -0.25) is 9.80 Å². The predicted molar refractivity (Wildman–Crippen MR) is 85.3 cm³/mol. The van der Waals surface area contributed by atoms with Gasteiger partial charge in [0, 0.05) is 13.1 Å². The first-order valence-corrected chi connectivity index (χ1v) is 7.46. The molecule has 3 N–H and O–H groups in total. The Hall–Kier alpha value is -2.04. The summed E-state index contributed by atoms with van der Waals surface area (Å²) in [5.41, 5.74) is 7.51. The number of nitrogens with two attached hydrogens (primary N) is 1. The molecule has 0 bridgehead atoms. The zero-order valence-corrected chi connectivity index (χ0v) is 12.8. The summed E-state index contributed by atoms with van der Waals surface area (Å²) < 4.78 is 0. The zero-order valence-electron chi connectivity index (χ0n) is 12.8. The topological polar surface area (TPSA) is 70.7 Å². The van der Waals surface area contributed by atoms with Gasteiger partial charge in [0.25, 0.3) is 5.91 Å². The van der Waals surface area contributed by atoms with Gasteiger partial charge in [-0.15, -0.1) is 0 Å². The Labute approximate surface area is 126 Å². The Morgan fingerprint density at radius 1 is 1.52 bits per heavy atom. The number of nitrogens with one attached hydrogen (secondary N) is 1. The van der Waals surface area contributed by atoms with Crippen LogP contribution in [0.5, 0.6) is 0 Å². The molecule has 1 aliphatic heterocycles. The van der Waals surface area contributed by atoms with Gasteiger partial charge < -0.3 is 11.1 Å². The molecule has 1 heterocycles. The van der Waals surface area contributed by atoms with Gasteiger partial charge in [-0.05, 0) is 24.8 Å². The lowest BCUT2D eigenvalue weighted by molar-refractivity contribution is -0.114. The summed E-state index contributed by atoms with van der Waals surface area (Å²) in [6.45, 7) is 5.98. The molecule has 2 unspecified atom stereocenters. The highest BCUT2D eigenvalue weighted by Crippen LogP contribution is 2.27. The van der Waals surface area contributed by atoms with Gasteiger partial charge in [0.15, 0.2) is 0 Å². The Morgan fingerprint density at radius 3 is 2.86 bits per heavy atom. The second-order valence-corrected chi connectivity index (χ2v) is 5.72. The highest BCUT2D eigenvalue weighted by molar-refractivity contribution is 6.13. The van der Waals surface area contributed by atoms with E-state index in [1.165, 1.54) is 25.5 Å². The van der Waals surface area contributed by atoms with Crippen molar-refractivity contribution in [2.45, 2.75) is 38.6 Å². The molecular formula is C16H24N4O. The van der Waals surface area contributed by atoms with Gasteiger partial charge >= 0.3 is 0 Å². The Kier molecular flexibility index (Phi) is 4.83. The quantitative estimate of drug-likeness (QED) is 0.830. The first-order chi connectivity index (χ1) is 10.0. The van der Waals surface area contributed by atoms with Crippen LogP contribution in [0.1, 0.15) is 32.6 Å². The van der Waals surface area contributed by atoms with Crippen molar-refractivity contribution < 1.29 is 4.79 Å². The second-order valence-electron chi connectivity index (χ2n) is 5.72. The van der Waals surface area contributed by atoms with Crippen molar-refractivity contribution in [1.82, 2.24) is 10.3 Å². The van der Waals surface area contributed by atoms with Gasteiger partial charge in [0.1, 0.15) is 0 Å². The maximum absolute atomic E-state index is 11.7. The van der Waals surface area contributed by atoms with E-state index in [4.69, 9.17) is 5.73 Å². The first kappa shape index (κ1) is 15.4. The van der Waals surface area contributed by atoms with Crippen LogP contribution >= 0.6 is 0 Å². The minimum absolute atomic E-state index is 0.358. The lowest BCUT2D eigenvalue weighted by Gasteiger charge is -2.34. The molecule has 0 aromatic carbocycles. The fraction of sp³-hybridized carbons (Fsp3) is 0.500. The second kappa shape index (κ2) is 6.61. The number of rotatable bonds is 4. The standard InChI is InChI=1S/C16H24N4O/c1-4-7-14-15(12(16(17)21)10-18-20(14)3)19-13-9-6-5-8-11(13)2/h4,7,10-11,13,19H,1,5-6,8-9H2,2-3H3,(H2,17,21)/b14-7-. The van der Waals surface area contributed by atoms with Crippen molar-refractivity contribution in [1.29, 1.82) is 0 Å². The monoisotopic (exact) mass is 288 g/mol. The van der Waals surface area contributed by atoms with Crippen molar-refractivity contribution in [3.05, 3.63) is 35.7 Å². The average Bonchev–Trinajstić information content (AvgIpc) is 2.45. The maximum Gasteiger partial charge on any atom is 0.252 e. The molecule has 0 saturated heterocycles. The van der Waals surface area contributed by atoms with Crippen molar-refractivity contribution in [3.8, 4) is 0 Å². The van der Waals surface area contributed by atoms with Crippen LogP contribution in [-0.4, -0.2) is 30.2 Å². The number of carbonyl (C=O) groups excluding carboxylic acids is 1. The third-order valence-corrected chi connectivity index (χ3v) is 4.22. The summed E-state index contributed by atoms with van der Waals surface area (Å²) in [4.78, 5) is 11.7. The van der Waals surface area contributed by atoms with Gasteiger partial charge in [-0.1, -0.05) is 32.4 Å². The number of amides is 1. The van der Waals surface area contributed by atoms with E-state index < -0.39 is 5.91 Å². The highest BCUT2D eigenvalue weighted by atomic mass is 16.1. The molecule has 2 rings (SSSR count). The summed E-state index contributed by atoms with van der Waals surface area (Å²) in [6, 6.07) is 0.358. The Bertz CT molecular complexity index is 518. The van der Waals surface area contributed by atoms with Gasteiger partial charge in [-0.2, -0.15) is 5.10 Å². The van der Waals surface area contributed by atoms with Gasteiger partial charge in [0.05, 0.1) is 23.2 Å². The Balaban J connectivity index is 2.36. The molecular weight excluding hydrogens is 264 g/mol. The maximum atomic E-state index is 11.7. The number of likely N-dealkylation sites (N-methyl/N-ethyl adjacent to an activating group) is 1. The molecule has 21 heavy (non-hydrogen) atoms. The molecule has 0 radical (unpaired) electrons. The van der Waals surface area contributed by atoms with Crippen molar-refractivity contribution in [2.75, 3.05) is 7.05 Å². The SMILES string of the molecule is C=C/C=C1/C(NC2CCCCC2C)=C(C(N)=O)C=NN1C. The molecule has 0 spiro atoms. The molecule has 114 valence electrons. The van der Waals surface area contributed by atoms with E-state index in [2.05, 4.69) is 23.9 Å². The van der Waals surface area contributed by atoms with E-state index in [1.807, 2.05) is 13.1 Å². The summed E-state index contributed by atoms with van der Waals surface area (Å²) in [5.74, 6) is 0.113. The summed E-state index contributed by atoms with van der Waals surface area (Å²) >= 11 is 0. The third-order valence-electron chi connectivity index (χ3n) is 4.22. The summed E-state index contributed by atoms with van der Waals surface area (Å²) in [7, 11) is 1.84. The molecule has 0 aromatic heterocycles. The number of primary amides is 1. The largest absolute Gasteiger partial charge is 0.380 e. The molecule has 5 nitrogen and oxygen atoms in total. The van der Waals surface area contributed by atoms with Crippen LogP contribution in [0.4, 0.5) is 0 Å². The minimum atomic E-state index is -0.465. The number of hydrazone groups is 1. The molecule has 0 aromatic rings. The lowest BCUT2D eigenvalue weighted by Crippen LogP contribution is -2.41. The minimum Gasteiger partial charge on any atom is -0.380 e. The van der Waals surface area contributed by atoms with Crippen LogP contribution in [-0.2, 0) is 4.79 Å². The van der Waals surface area contributed by atoms with E-state index in [0.717, 1.165) is 17.8 Å². The van der Waals surface area contributed by atoms with E-state index in [-0.39, 0.29) is 0 Å². The fourth-order valence-corrected chi connectivity index (χ4v) is 2.93. The van der Waals surface area contributed by atoms with Crippen LogP contribution in [0.3, 0.4) is 0 Å².